The maximum atomic E-state index is 6.43. The molecule has 2 saturated carbocycles. The molecule has 0 amide bonds. The van der Waals surface area contributed by atoms with E-state index in [1.807, 2.05) is 0 Å². The lowest BCUT2D eigenvalue weighted by Gasteiger charge is -2.55. The number of rotatable bonds is 3. The summed E-state index contributed by atoms with van der Waals surface area (Å²) in [5.41, 5.74) is 0.350. The third kappa shape index (κ3) is 2.06. The van der Waals surface area contributed by atoms with Gasteiger partial charge in [0, 0.05) is 10.8 Å². The van der Waals surface area contributed by atoms with Gasteiger partial charge in [-0.05, 0) is 32.6 Å². The van der Waals surface area contributed by atoms with Crippen molar-refractivity contribution in [2.24, 2.45) is 5.41 Å². The molecule has 0 aromatic rings. The third-order valence-corrected chi connectivity index (χ3v) is 5.05. The van der Waals surface area contributed by atoms with Gasteiger partial charge in [0.05, 0.1) is 12.2 Å². The van der Waals surface area contributed by atoms with Gasteiger partial charge in [-0.3, -0.25) is 0 Å². The summed E-state index contributed by atoms with van der Waals surface area (Å²) in [5, 5.41) is 0.381. The highest BCUT2D eigenvalue weighted by Crippen LogP contribution is 2.56. The van der Waals surface area contributed by atoms with Gasteiger partial charge in [0.15, 0.2) is 0 Å². The van der Waals surface area contributed by atoms with E-state index in [0.717, 1.165) is 12.8 Å². The predicted octanol–water partition coefficient (Wildman–Crippen LogP) is 4.13. The molecule has 0 radical (unpaired) electrons. The van der Waals surface area contributed by atoms with Gasteiger partial charge in [0.25, 0.3) is 0 Å². The molecule has 2 aliphatic carbocycles. The van der Waals surface area contributed by atoms with Crippen molar-refractivity contribution in [3.05, 3.63) is 0 Å². The molecule has 1 nitrogen and oxygen atoms in total. The number of ether oxygens (including phenoxy) is 1. The first-order valence-corrected chi connectivity index (χ1v) is 6.92. The van der Waals surface area contributed by atoms with Gasteiger partial charge in [-0.2, -0.15) is 0 Å². The van der Waals surface area contributed by atoms with E-state index in [2.05, 4.69) is 13.8 Å². The lowest BCUT2D eigenvalue weighted by Crippen LogP contribution is -2.57. The molecule has 0 aliphatic heterocycles. The summed E-state index contributed by atoms with van der Waals surface area (Å²) in [5.74, 6) is 0. The number of hydrogen-bond acceptors (Lipinski definition) is 1. The minimum absolute atomic E-state index is 0.350. The Bertz CT molecular complexity index is 211. The molecule has 15 heavy (non-hydrogen) atoms. The predicted molar refractivity (Wildman–Crippen MR) is 64.4 cm³/mol. The summed E-state index contributed by atoms with van der Waals surface area (Å²) in [4.78, 5) is 0. The van der Waals surface area contributed by atoms with Crippen LogP contribution in [0.5, 0.6) is 0 Å². The minimum Gasteiger partial charge on any atom is -0.375 e. The van der Waals surface area contributed by atoms with Crippen LogP contribution in [0.15, 0.2) is 0 Å². The fraction of sp³-hybridized carbons (Fsp3) is 1.00. The SMILES string of the molecule is CCC(C)OC1CC(Cl)C12CCCCC2. The summed E-state index contributed by atoms with van der Waals surface area (Å²) in [7, 11) is 0. The van der Waals surface area contributed by atoms with Crippen LogP contribution in [0.3, 0.4) is 0 Å². The standard InChI is InChI=1S/C13H23ClO/c1-3-10(2)15-12-9-11(14)13(12)7-5-4-6-8-13/h10-12H,3-9H2,1-2H3. The van der Waals surface area contributed by atoms with Crippen LogP contribution in [0.25, 0.3) is 0 Å². The topological polar surface area (TPSA) is 9.23 Å². The Morgan fingerprint density at radius 3 is 2.53 bits per heavy atom. The number of alkyl halides is 1. The summed E-state index contributed by atoms with van der Waals surface area (Å²) >= 11 is 6.43. The van der Waals surface area contributed by atoms with E-state index in [1.54, 1.807) is 0 Å². The lowest BCUT2D eigenvalue weighted by molar-refractivity contribution is -0.149. The molecule has 1 spiro atoms. The van der Waals surface area contributed by atoms with Gasteiger partial charge in [0.2, 0.25) is 0 Å². The van der Waals surface area contributed by atoms with Crippen LogP contribution >= 0.6 is 11.6 Å². The second kappa shape index (κ2) is 4.63. The van der Waals surface area contributed by atoms with E-state index >= 15 is 0 Å². The Balaban J connectivity index is 1.95. The molecule has 0 aromatic heterocycles. The molecule has 3 unspecified atom stereocenters. The molecule has 0 heterocycles. The number of hydrogen-bond donors (Lipinski definition) is 0. The Morgan fingerprint density at radius 1 is 1.33 bits per heavy atom. The van der Waals surface area contributed by atoms with Gasteiger partial charge in [-0.15, -0.1) is 11.6 Å². The second-order valence-electron chi connectivity index (χ2n) is 5.34. The largest absolute Gasteiger partial charge is 0.375 e. The van der Waals surface area contributed by atoms with Gasteiger partial charge in [0.1, 0.15) is 0 Å². The molecular formula is C13H23ClO. The Hall–Kier alpha value is 0.250. The van der Waals surface area contributed by atoms with Crippen molar-refractivity contribution in [1.29, 1.82) is 0 Å². The van der Waals surface area contributed by atoms with E-state index < -0.39 is 0 Å². The normalized spacial score (nSPS) is 36.2. The zero-order valence-corrected chi connectivity index (χ0v) is 10.7. The molecule has 2 rings (SSSR count). The Labute approximate surface area is 98.5 Å². The zero-order chi connectivity index (χ0) is 10.9. The maximum Gasteiger partial charge on any atom is 0.0663 e. The molecule has 3 atom stereocenters. The first-order chi connectivity index (χ1) is 7.19. The average Bonchev–Trinajstić information content (AvgIpc) is 2.29. The van der Waals surface area contributed by atoms with E-state index in [9.17, 15) is 0 Å². The quantitative estimate of drug-likeness (QED) is 0.663. The summed E-state index contributed by atoms with van der Waals surface area (Å²) in [6, 6.07) is 0. The molecule has 0 N–H and O–H groups in total. The molecule has 0 bridgehead atoms. The van der Waals surface area contributed by atoms with Crippen molar-refractivity contribution in [2.45, 2.75) is 76.4 Å². The van der Waals surface area contributed by atoms with E-state index in [1.165, 1.54) is 32.1 Å². The summed E-state index contributed by atoms with van der Waals surface area (Å²) in [6.07, 6.45) is 9.72. The van der Waals surface area contributed by atoms with Crippen LogP contribution in [0.4, 0.5) is 0 Å². The average molecular weight is 231 g/mol. The van der Waals surface area contributed by atoms with E-state index in [4.69, 9.17) is 16.3 Å². The highest BCUT2D eigenvalue weighted by Gasteiger charge is 2.55. The molecule has 2 aliphatic rings. The van der Waals surface area contributed by atoms with Crippen LogP contribution in [0, 0.1) is 5.41 Å². The van der Waals surface area contributed by atoms with Crippen LogP contribution in [-0.4, -0.2) is 17.6 Å². The third-order valence-electron chi connectivity index (χ3n) is 4.44. The van der Waals surface area contributed by atoms with Gasteiger partial charge >= 0.3 is 0 Å². The highest BCUT2D eigenvalue weighted by atomic mass is 35.5. The van der Waals surface area contributed by atoms with Gasteiger partial charge in [-0.1, -0.05) is 26.2 Å². The lowest BCUT2D eigenvalue weighted by atomic mass is 9.58. The number of halogens is 1. The zero-order valence-electron chi connectivity index (χ0n) is 9.97. The maximum absolute atomic E-state index is 6.43. The Kier molecular flexibility index (Phi) is 3.62. The molecule has 2 heteroatoms. The first kappa shape index (κ1) is 11.7. The van der Waals surface area contributed by atoms with Crippen LogP contribution in [0.1, 0.15) is 58.8 Å². The highest BCUT2D eigenvalue weighted by molar-refractivity contribution is 6.21. The molecular weight excluding hydrogens is 208 g/mol. The fourth-order valence-corrected chi connectivity index (χ4v) is 3.63. The molecule has 2 fully saturated rings. The second-order valence-corrected chi connectivity index (χ2v) is 5.87. The summed E-state index contributed by atoms with van der Waals surface area (Å²) < 4.78 is 6.11. The van der Waals surface area contributed by atoms with Crippen molar-refractivity contribution < 1.29 is 4.74 Å². The van der Waals surface area contributed by atoms with E-state index in [-0.39, 0.29) is 0 Å². The van der Waals surface area contributed by atoms with E-state index in [0.29, 0.717) is 23.0 Å². The van der Waals surface area contributed by atoms with Crippen LogP contribution in [-0.2, 0) is 4.74 Å². The fourth-order valence-electron chi connectivity index (χ4n) is 3.11. The van der Waals surface area contributed by atoms with Crippen LogP contribution < -0.4 is 0 Å². The van der Waals surface area contributed by atoms with Crippen molar-refractivity contribution in [2.75, 3.05) is 0 Å². The molecule has 0 saturated heterocycles. The molecule has 88 valence electrons. The smallest absolute Gasteiger partial charge is 0.0663 e. The summed E-state index contributed by atoms with van der Waals surface area (Å²) in [6.45, 7) is 4.37. The van der Waals surface area contributed by atoms with Crippen LogP contribution in [0.2, 0.25) is 0 Å². The Morgan fingerprint density at radius 2 is 2.00 bits per heavy atom. The monoisotopic (exact) mass is 230 g/mol. The minimum atomic E-state index is 0.350. The van der Waals surface area contributed by atoms with Gasteiger partial charge in [-0.25, -0.2) is 0 Å². The van der Waals surface area contributed by atoms with Crippen molar-refractivity contribution in [3.8, 4) is 0 Å². The van der Waals surface area contributed by atoms with Crippen molar-refractivity contribution >= 4 is 11.6 Å². The van der Waals surface area contributed by atoms with Crippen molar-refractivity contribution in [1.82, 2.24) is 0 Å². The van der Waals surface area contributed by atoms with Gasteiger partial charge < -0.3 is 4.74 Å². The first-order valence-electron chi connectivity index (χ1n) is 6.48. The molecule has 0 aromatic carbocycles. The van der Waals surface area contributed by atoms with Crippen molar-refractivity contribution in [3.63, 3.8) is 0 Å².